The summed E-state index contributed by atoms with van der Waals surface area (Å²) in [6.07, 6.45) is 16.5. The van der Waals surface area contributed by atoms with Gasteiger partial charge in [-0.3, -0.25) is 9.59 Å². The van der Waals surface area contributed by atoms with E-state index < -0.39 is 17.3 Å². The minimum absolute atomic E-state index is 0.116. The SMILES string of the molecule is CCCCCCCCCCCCCCCC1=C(O)C(=O)C(OC)=C(OC)C1=O. The fourth-order valence-electron chi connectivity index (χ4n) is 3.62. The molecule has 0 spiro atoms. The molecule has 0 aromatic rings. The van der Waals surface area contributed by atoms with Crippen molar-refractivity contribution in [3.63, 3.8) is 0 Å². The van der Waals surface area contributed by atoms with Crippen LogP contribution in [0, 0.1) is 0 Å². The number of ketones is 2. The van der Waals surface area contributed by atoms with Crippen LogP contribution in [0.4, 0.5) is 0 Å². The van der Waals surface area contributed by atoms with Crippen LogP contribution in [0.1, 0.15) is 96.8 Å². The first-order valence-electron chi connectivity index (χ1n) is 10.9. The third kappa shape index (κ3) is 7.69. The van der Waals surface area contributed by atoms with E-state index in [0.717, 1.165) is 19.3 Å². The van der Waals surface area contributed by atoms with Crippen molar-refractivity contribution in [2.24, 2.45) is 0 Å². The lowest BCUT2D eigenvalue weighted by Gasteiger charge is -2.18. The first-order valence-corrected chi connectivity index (χ1v) is 10.9. The Labute approximate surface area is 170 Å². The molecule has 0 saturated carbocycles. The summed E-state index contributed by atoms with van der Waals surface area (Å²) in [5.74, 6) is -1.96. The van der Waals surface area contributed by atoms with Gasteiger partial charge in [0.1, 0.15) is 0 Å². The van der Waals surface area contributed by atoms with Gasteiger partial charge >= 0.3 is 0 Å². The maximum Gasteiger partial charge on any atom is 0.266 e. The van der Waals surface area contributed by atoms with Crippen molar-refractivity contribution in [1.82, 2.24) is 0 Å². The van der Waals surface area contributed by atoms with E-state index >= 15 is 0 Å². The summed E-state index contributed by atoms with van der Waals surface area (Å²) in [7, 11) is 2.61. The van der Waals surface area contributed by atoms with Gasteiger partial charge in [-0.1, -0.05) is 84.0 Å². The second-order valence-electron chi connectivity index (χ2n) is 7.54. The van der Waals surface area contributed by atoms with Gasteiger partial charge in [0.15, 0.2) is 5.76 Å². The van der Waals surface area contributed by atoms with Crippen LogP contribution in [0.2, 0.25) is 0 Å². The van der Waals surface area contributed by atoms with Gasteiger partial charge in [0.25, 0.3) is 5.78 Å². The van der Waals surface area contributed by atoms with E-state index in [0.29, 0.717) is 6.42 Å². The summed E-state index contributed by atoms with van der Waals surface area (Å²) in [6, 6.07) is 0. The highest BCUT2D eigenvalue weighted by Crippen LogP contribution is 2.27. The van der Waals surface area contributed by atoms with Gasteiger partial charge in [0.05, 0.1) is 14.2 Å². The van der Waals surface area contributed by atoms with Crippen LogP contribution < -0.4 is 0 Å². The van der Waals surface area contributed by atoms with Crippen LogP contribution >= 0.6 is 0 Å². The summed E-state index contributed by atoms with van der Waals surface area (Å²) >= 11 is 0. The van der Waals surface area contributed by atoms with Gasteiger partial charge in [-0.2, -0.15) is 0 Å². The second kappa shape index (κ2) is 14.3. The second-order valence-corrected chi connectivity index (χ2v) is 7.54. The number of methoxy groups -OCH3 is 2. The molecule has 0 fully saturated rings. The van der Waals surface area contributed by atoms with Crippen LogP contribution in [-0.4, -0.2) is 30.9 Å². The maximum absolute atomic E-state index is 12.4. The number of aliphatic hydroxyl groups is 1. The molecule has 1 rings (SSSR count). The molecular weight excluding hydrogens is 356 g/mol. The van der Waals surface area contributed by atoms with E-state index in [4.69, 9.17) is 9.47 Å². The third-order valence-electron chi connectivity index (χ3n) is 5.33. The molecule has 1 aliphatic rings. The number of ether oxygens (including phenoxy) is 2. The van der Waals surface area contributed by atoms with E-state index in [9.17, 15) is 14.7 Å². The Morgan fingerprint density at radius 3 is 1.46 bits per heavy atom. The average Bonchev–Trinajstić information content (AvgIpc) is 2.70. The fourth-order valence-corrected chi connectivity index (χ4v) is 3.62. The molecule has 160 valence electrons. The standard InChI is InChI=1S/C23H38O5/c1-4-5-6-7-8-9-10-11-12-13-14-15-16-17-18-19(24)21(26)23(28-3)22(27-2)20(18)25/h24H,4-17H2,1-3H3. The highest BCUT2D eigenvalue weighted by Gasteiger charge is 2.36. The molecule has 0 unspecified atom stereocenters. The van der Waals surface area contributed by atoms with Gasteiger partial charge in [-0.15, -0.1) is 0 Å². The number of unbranched alkanes of at least 4 members (excludes halogenated alkanes) is 12. The molecule has 0 aliphatic heterocycles. The normalized spacial score (nSPS) is 14.8. The molecule has 0 saturated heterocycles. The van der Waals surface area contributed by atoms with Crippen molar-refractivity contribution in [3.05, 3.63) is 22.9 Å². The Morgan fingerprint density at radius 1 is 0.643 bits per heavy atom. The Morgan fingerprint density at radius 2 is 1.04 bits per heavy atom. The average molecular weight is 395 g/mol. The van der Waals surface area contributed by atoms with Gasteiger partial charge in [-0.25, -0.2) is 0 Å². The van der Waals surface area contributed by atoms with Gasteiger partial charge in [0.2, 0.25) is 17.3 Å². The molecule has 0 bridgehead atoms. The van der Waals surface area contributed by atoms with Crippen molar-refractivity contribution >= 4 is 11.6 Å². The number of allylic oxidation sites excluding steroid dienone is 1. The first-order chi connectivity index (χ1) is 13.6. The number of aliphatic hydroxyl groups excluding tert-OH is 1. The highest BCUT2D eigenvalue weighted by molar-refractivity contribution is 6.22. The number of carbonyl (C=O) groups excluding carboxylic acids is 2. The Bertz CT molecular complexity index is 559. The van der Waals surface area contributed by atoms with Crippen molar-refractivity contribution in [1.29, 1.82) is 0 Å². The topological polar surface area (TPSA) is 72.8 Å². The molecule has 0 heterocycles. The summed E-state index contributed by atoms with van der Waals surface area (Å²) in [6.45, 7) is 2.25. The molecule has 0 atom stereocenters. The molecule has 1 N–H and O–H groups in total. The van der Waals surface area contributed by atoms with E-state index in [1.54, 1.807) is 0 Å². The molecule has 1 aliphatic carbocycles. The molecule has 5 nitrogen and oxygen atoms in total. The van der Waals surface area contributed by atoms with Crippen LogP contribution in [0.3, 0.4) is 0 Å². The van der Waals surface area contributed by atoms with E-state index in [-0.39, 0.29) is 17.1 Å². The smallest absolute Gasteiger partial charge is 0.266 e. The van der Waals surface area contributed by atoms with Crippen molar-refractivity contribution in [2.45, 2.75) is 96.8 Å². The van der Waals surface area contributed by atoms with Gasteiger partial charge in [-0.05, 0) is 12.8 Å². The van der Waals surface area contributed by atoms with Crippen molar-refractivity contribution < 1.29 is 24.2 Å². The lowest BCUT2D eigenvalue weighted by molar-refractivity contribution is -0.123. The first kappa shape index (κ1) is 24.3. The monoisotopic (exact) mass is 394 g/mol. The predicted octanol–water partition coefficient (Wildman–Crippen LogP) is 5.94. The predicted molar refractivity (Wildman–Crippen MR) is 111 cm³/mol. The van der Waals surface area contributed by atoms with Crippen molar-refractivity contribution in [2.75, 3.05) is 14.2 Å². The summed E-state index contributed by atoms with van der Waals surface area (Å²) in [4.78, 5) is 24.5. The molecule has 0 aromatic carbocycles. The summed E-state index contributed by atoms with van der Waals surface area (Å²) in [5, 5.41) is 10.1. The van der Waals surface area contributed by atoms with Crippen LogP contribution in [0.25, 0.3) is 0 Å². The highest BCUT2D eigenvalue weighted by atomic mass is 16.5. The summed E-state index contributed by atoms with van der Waals surface area (Å²) < 4.78 is 9.92. The Hall–Kier alpha value is -1.78. The van der Waals surface area contributed by atoms with E-state index in [2.05, 4.69) is 6.92 Å². The zero-order valence-corrected chi connectivity index (χ0v) is 18.0. The number of rotatable bonds is 16. The zero-order valence-electron chi connectivity index (χ0n) is 18.0. The van der Waals surface area contributed by atoms with Crippen LogP contribution in [0.15, 0.2) is 22.9 Å². The van der Waals surface area contributed by atoms with E-state index in [1.165, 1.54) is 78.4 Å². The molecule has 0 amide bonds. The van der Waals surface area contributed by atoms with Gasteiger partial charge in [0, 0.05) is 5.57 Å². The summed E-state index contributed by atoms with van der Waals surface area (Å²) in [5.41, 5.74) is 0.144. The lowest BCUT2D eigenvalue weighted by Crippen LogP contribution is -2.26. The minimum atomic E-state index is -0.677. The Kier molecular flexibility index (Phi) is 12.3. The fraction of sp³-hybridized carbons (Fsp3) is 0.739. The quantitative estimate of drug-likeness (QED) is 0.259. The molecule has 0 aromatic heterocycles. The van der Waals surface area contributed by atoms with E-state index in [1.807, 2.05) is 0 Å². The molecule has 5 heteroatoms. The Balaban J connectivity index is 2.17. The zero-order chi connectivity index (χ0) is 20.8. The van der Waals surface area contributed by atoms with Crippen molar-refractivity contribution in [3.8, 4) is 0 Å². The third-order valence-corrected chi connectivity index (χ3v) is 5.33. The molecule has 28 heavy (non-hydrogen) atoms. The van der Waals surface area contributed by atoms with Crippen LogP contribution in [0.5, 0.6) is 0 Å². The molecule has 0 radical (unpaired) electrons. The lowest BCUT2D eigenvalue weighted by atomic mass is 9.93. The van der Waals surface area contributed by atoms with Crippen LogP contribution in [-0.2, 0) is 19.1 Å². The largest absolute Gasteiger partial charge is 0.504 e. The van der Waals surface area contributed by atoms with Gasteiger partial charge < -0.3 is 14.6 Å². The minimum Gasteiger partial charge on any atom is -0.504 e. The number of carbonyl (C=O) groups is 2. The number of Topliss-reactive ketones (excluding diaryl/α,β-unsaturated/α-hetero) is 2. The maximum atomic E-state index is 12.4. The number of hydrogen-bond donors (Lipinski definition) is 1. The molecular formula is C23H38O5. The number of hydrogen-bond acceptors (Lipinski definition) is 5.